The molecule has 0 aliphatic heterocycles. The molecular weight excluding hydrogens is 217 g/mol. The van der Waals surface area contributed by atoms with E-state index in [4.69, 9.17) is 0 Å². The van der Waals surface area contributed by atoms with Gasteiger partial charge in [-0.25, -0.2) is 9.37 Å². The molecule has 0 aliphatic carbocycles. The normalized spacial score (nSPS) is 11.8. The average molecular weight is 225 g/mol. The van der Waals surface area contributed by atoms with E-state index in [0.29, 0.717) is 10.9 Å². The zero-order valence-corrected chi connectivity index (χ0v) is 8.81. The lowest BCUT2D eigenvalue weighted by molar-refractivity contribution is 0.640. The molecule has 3 aromatic heterocycles. The van der Waals surface area contributed by atoms with Crippen LogP contribution < -0.4 is 0 Å². The third-order valence-electron chi connectivity index (χ3n) is 3.03. The van der Waals surface area contributed by atoms with Crippen LogP contribution in [0.15, 0.2) is 42.6 Å². The van der Waals surface area contributed by atoms with E-state index in [9.17, 15) is 4.39 Å². The zero-order chi connectivity index (χ0) is 11.4. The van der Waals surface area contributed by atoms with Crippen molar-refractivity contribution < 1.29 is 4.39 Å². The number of hydrogen-bond acceptors (Lipinski definition) is 1. The van der Waals surface area contributed by atoms with Crippen LogP contribution in [0.2, 0.25) is 0 Å². The number of H-pyrrole nitrogens is 1. The van der Waals surface area contributed by atoms with Crippen LogP contribution in [0.1, 0.15) is 0 Å². The molecule has 1 aromatic carbocycles. The van der Waals surface area contributed by atoms with E-state index in [1.165, 1.54) is 6.07 Å². The number of hydrogen-bond donors (Lipinski definition) is 1. The maximum atomic E-state index is 13.8. The Labute approximate surface area is 95.5 Å². The average Bonchev–Trinajstić information content (AvgIpc) is 2.85. The van der Waals surface area contributed by atoms with Crippen molar-refractivity contribution in [3.8, 4) is 0 Å². The monoisotopic (exact) mass is 225 g/mol. The Balaban J connectivity index is 2.35. The molecule has 0 fully saturated rings. The summed E-state index contributed by atoms with van der Waals surface area (Å²) < 4.78 is 15.7. The van der Waals surface area contributed by atoms with Gasteiger partial charge in [-0.2, -0.15) is 0 Å². The van der Waals surface area contributed by atoms with Gasteiger partial charge in [0.05, 0.1) is 10.9 Å². The van der Waals surface area contributed by atoms with Gasteiger partial charge in [-0.3, -0.25) is 4.40 Å². The highest BCUT2D eigenvalue weighted by molar-refractivity contribution is 6.05. The fraction of sp³-hybridized carbons (Fsp3) is 0. The number of imidazole rings is 1. The van der Waals surface area contributed by atoms with Crippen molar-refractivity contribution in [2.45, 2.75) is 0 Å². The fourth-order valence-corrected chi connectivity index (χ4v) is 2.29. The summed E-state index contributed by atoms with van der Waals surface area (Å²) in [6, 6.07) is 10.8. The van der Waals surface area contributed by atoms with Crippen LogP contribution in [0.4, 0.5) is 4.39 Å². The van der Waals surface area contributed by atoms with Gasteiger partial charge >= 0.3 is 0 Å². The Bertz CT molecular complexity index is 857. The van der Waals surface area contributed by atoms with Crippen LogP contribution in [-0.4, -0.2) is 14.4 Å². The quantitative estimate of drug-likeness (QED) is 0.490. The molecule has 82 valence electrons. The van der Waals surface area contributed by atoms with Gasteiger partial charge in [0.1, 0.15) is 22.6 Å². The molecule has 4 rings (SSSR count). The van der Waals surface area contributed by atoms with Gasteiger partial charge in [-0.15, -0.1) is 0 Å². The molecule has 0 aliphatic rings. The molecule has 0 bridgehead atoms. The van der Waals surface area contributed by atoms with Crippen LogP contribution in [0.3, 0.4) is 0 Å². The van der Waals surface area contributed by atoms with Crippen molar-refractivity contribution in [2.24, 2.45) is 0 Å². The maximum absolute atomic E-state index is 13.8. The first-order valence-corrected chi connectivity index (χ1v) is 5.37. The molecular formula is C13H8FN3. The van der Waals surface area contributed by atoms with E-state index >= 15 is 0 Å². The second-order valence-electron chi connectivity index (χ2n) is 4.03. The number of benzene rings is 1. The summed E-state index contributed by atoms with van der Waals surface area (Å²) >= 11 is 0. The highest BCUT2D eigenvalue weighted by Gasteiger charge is 2.13. The molecule has 0 amide bonds. The van der Waals surface area contributed by atoms with Crippen molar-refractivity contribution in [2.75, 3.05) is 0 Å². The number of aromatic nitrogens is 3. The molecule has 0 spiro atoms. The summed E-state index contributed by atoms with van der Waals surface area (Å²) in [5.41, 5.74) is 3.12. The number of nitrogens with zero attached hydrogens (tertiary/aromatic N) is 2. The molecule has 0 radical (unpaired) electrons. The predicted molar refractivity (Wildman–Crippen MR) is 64.5 cm³/mol. The minimum absolute atomic E-state index is 0.239. The number of aromatic amines is 1. The smallest absolute Gasteiger partial charge is 0.143 e. The van der Waals surface area contributed by atoms with Crippen LogP contribution in [0, 0.1) is 5.82 Å². The molecule has 0 saturated heterocycles. The second kappa shape index (κ2) is 2.85. The fourth-order valence-electron chi connectivity index (χ4n) is 2.29. The summed E-state index contributed by atoms with van der Waals surface area (Å²) in [6.45, 7) is 0. The van der Waals surface area contributed by atoms with Gasteiger partial charge in [0.25, 0.3) is 0 Å². The lowest BCUT2D eigenvalue weighted by Gasteiger charge is -1.92. The number of fused-ring (bicyclic) bond motifs is 5. The SMILES string of the molecule is Fc1cccc2[nH]c3c(nc4ccccn43)c12. The Morgan fingerprint density at radius 2 is 2.06 bits per heavy atom. The summed E-state index contributed by atoms with van der Waals surface area (Å²) in [5, 5.41) is 0.561. The molecule has 17 heavy (non-hydrogen) atoms. The summed E-state index contributed by atoms with van der Waals surface area (Å²) in [6.07, 6.45) is 1.91. The van der Waals surface area contributed by atoms with E-state index in [2.05, 4.69) is 9.97 Å². The number of halogens is 1. The maximum Gasteiger partial charge on any atom is 0.143 e. The summed E-state index contributed by atoms with van der Waals surface area (Å²) in [5.74, 6) is -0.239. The Morgan fingerprint density at radius 3 is 3.00 bits per heavy atom. The van der Waals surface area contributed by atoms with Crippen molar-refractivity contribution in [3.63, 3.8) is 0 Å². The van der Waals surface area contributed by atoms with Crippen molar-refractivity contribution >= 4 is 27.7 Å². The first kappa shape index (κ1) is 8.75. The summed E-state index contributed by atoms with van der Waals surface area (Å²) in [4.78, 5) is 7.66. The highest BCUT2D eigenvalue weighted by atomic mass is 19.1. The Hall–Kier alpha value is -2.36. The van der Waals surface area contributed by atoms with Crippen molar-refractivity contribution in [3.05, 3.63) is 48.4 Å². The largest absolute Gasteiger partial charge is 0.339 e. The topological polar surface area (TPSA) is 33.1 Å². The molecule has 0 unspecified atom stereocenters. The third-order valence-corrected chi connectivity index (χ3v) is 3.03. The predicted octanol–water partition coefficient (Wildman–Crippen LogP) is 3.11. The standard InChI is InChI=1S/C13H8FN3/c14-8-4-3-5-9-11(8)12-13(15-9)17-7-2-1-6-10(17)16-12/h1-7,15H. The van der Waals surface area contributed by atoms with E-state index in [-0.39, 0.29) is 5.82 Å². The molecule has 3 nitrogen and oxygen atoms in total. The highest BCUT2D eigenvalue weighted by Crippen LogP contribution is 2.27. The first-order valence-electron chi connectivity index (χ1n) is 5.37. The van der Waals surface area contributed by atoms with E-state index < -0.39 is 0 Å². The molecule has 3 heterocycles. The molecule has 1 N–H and O–H groups in total. The number of rotatable bonds is 0. The molecule has 0 saturated carbocycles. The minimum atomic E-state index is -0.239. The van der Waals surface area contributed by atoms with Gasteiger partial charge in [0, 0.05) is 6.20 Å². The number of pyridine rings is 1. The van der Waals surface area contributed by atoms with Crippen molar-refractivity contribution in [1.29, 1.82) is 0 Å². The molecule has 0 atom stereocenters. The van der Waals surface area contributed by atoms with Gasteiger partial charge in [0.15, 0.2) is 0 Å². The second-order valence-corrected chi connectivity index (χ2v) is 4.03. The lowest BCUT2D eigenvalue weighted by atomic mass is 10.2. The summed E-state index contributed by atoms with van der Waals surface area (Å²) in [7, 11) is 0. The molecule has 4 heteroatoms. The van der Waals surface area contributed by atoms with E-state index in [1.807, 2.05) is 34.9 Å². The third kappa shape index (κ3) is 1.02. The van der Waals surface area contributed by atoms with Gasteiger partial charge in [-0.05, 0) is 24.3 Å². The zero-order valence-electron chi connectivity index (χ0n) is 8.81. The van der Waals surface area contributed by atoms with Gasteiger partial charge in [0.2, 0.25) is 0 Å². The van der Waals surface area contributed by atoms with E-state index in [1.54, 1.807) is 6.07 Å². The van der Waals surface area contributed by atoms with E-state index in [0.717, 1.165) is 16.8 Å². The van der Waals surface area contributed by atoms with Gasteiger partial charge < -0.3 is 4.98 Å². The number of nitrogens with one attached hydrogen (secondary N) is 1. The first-order chi connectivity index (χ1) is 8.34. The van der Waals surface area contributed by atoms with Gasteiger partial charge in [-0.1, -0.05) is 12.1 Å². The van der Waals surface area contributed by atoms with Crippen LogP contribution >= 0.6 is 0 Å². The lowest BCUT2D eigenvalue weighted by Crippen LogP contribution is -1.82. The van der Waals surface area contributed by atoms with Crippen LogP contribution in [0.25, 0.3) is 27.7 Å². The Morgan fingerprint density at radius 1 is 1.12 bits per heavy atom. The Kier molecular flexibility index (Phi) is 1.47. The van der Waals surface area contributed by atoms with Crippen LogP contribution in [-0.2, 0) is 0 Å². The molecule has 4 aromatic rings. The van der Waals surface area contributed by atoms with Crippen molar-refractivity contribution in [1.82, 2.24) is 14.4 Å². The van der Waals surface area contributed by atoms with Crippen LogP contribution in [0.5, 0.6) is 0 Å². The minimum Gasteiger partial charge on any atom is -0.339 e.